The molecule has 2 aliphatic rings. The van der Waals surface area contributed by atoms with Crippen molar-refractivity contribution < 1.29 is 4.74 Å². The van der Waals surface area contributed by atoms with Gasteiger partial charge < -0.3 is 20.4 Å². The van der Waals surface area contributed by atoms with Crippen molar-refractivity contribution in [2.75, 3.05) is 24.6 Å². The van der Waals surface area contributed by atoms with Crippen LogP contribution in [0.4, 0.5) is 5.95 Å². The molecule has 0 bridgehead atoms. The molecular formula is C15H21N5O2. The number of ether oxygens (including phenoxy) is 1. The number of aromatic amines is 2. The van der Waals surface area contributed by atoms with Crippen LogP contribution in [0.1, 0.15) is 19.8 Å². The highest BCUT2D eigenvalue weighted by Crippen LogP contribution is 2.41. The van der Waals surface area contributed by atoms with Crippen molar-refractivity contribution in [1.82, 2.24) is 15.0 Å². The fourth-order valence-electron chi connectivity index (χ4n) is 3.73. The Bertz CT molecular complexity index is 744. The maximum absolute atomic E-state index is 12.1. The predicted octanol–water partition coefficient (Wildman–Crippen LogP) is 0.584. The summed E-state index contributed by atoms with van der Waals surface area (Å²) in [6.45, 7) is 4.45. The van der Waals surface area contributed by atoms with E-state index in [0.29, 0.717) is 17.0 Å². The minimum Gasteiger partial charge on any atom is -0.376 e. The number of hydrogen-bond acceptors (Lipinski definition) is 5. The number of anilines is 1. The molecule has 0 aliphatic carbocycles. The van der Waals surface area contributed by atoms with Gasteiger partial charge in [-0.05, 0) is 25.8 Å². The van der Waals surface area contributed by atoms with Crippen LogP contribution in [0.3, 0.4) is 0 Å². The van der Waals surface area contributed by atoms with Gasteiger partial charge in [0.2, 0.25) is 5.95 Å². The number of piperidine rings is 1. The van der Waals surface area contributed by atoms with Gasteiger partial charge in [0, 0.05) is 30.7 Å². The number of hydrogen-bond donors (Lipinski definition) is 3. The number of H-pyrrole nitrogens is 2. The Hall–Kier alpha value is -1.86. The van der Waals surface area contributed by atoms with Gasteiger partial charge in [0.15, 0.2) is 0 Å². The van der Waals surface area contributed by atoms with Gasteiger partial charge >= 0.3 is 0 Å². The first-order chi connectivity index (χ1) is 10.6. The first-order valence-electron chi connectivity index (χ1n) is 7.79. The molecule has 2 aromatic heterocycles. The van der Waals surface area contributed by atoms with E-state index in [-0.39, 0.29) is 23.1 Å². The van der Waals surface area contributed by atoms with Crippen LogP contribution in [-0.2, 0) is 4.74 Å². The first-order valence-corrected chi connectivity index (χ1v) is 7.79. The molecule has 0 unspecified atom stereocenters. The number of fused-ring (bicyclic) bond motifs is 1. The zero-order valence-corrected chi connectivity index (χ0v) is 12.6. The average molecular weight is 303 g/mol. The van der Waals surface area contributed by atoms with Gasteiger partial charge in [-0.25, -0.2) is 0 Å². The molecule has 0 amide bonds. The number of nitrogens with two attached hydrogens (primary N) is 1. The summed E-state index contributed by atoms with van der Waals surface area (Å²) in [5.74, 6) is 0.635. The Labute approximate surface area is 127 Å². The molecular weight excluding hydrogens is 282 g/mol. The molecule has 4 rings (SSSR count). The molecule has 118 valence electrons. The zero-order valence-electron chi connectivity index (χ0n) is 12.6. The van der Waals surface area contributed by atoms with Gasteiger partial charge in [-0.2, -0.15) is 4.98 Å². The molecule has 22 heavy (non-hydrogen) atoms. The van der Waals surface area contributed by atoms with E-state index < -0.39 is 0 Å². The molecule has 4 heterocycles. The summed E-state index contributed by atoms with van der Waals surface area (Å²) in [7, 11) is 0. The highest BCUT2D eigenvalue weighted by molar-refractivity contribution is 5.75. The van der Waals surface area contributed by atoms with Gasteiger partial charge in [0.25, 0.3) is 5.56 Å². The molecule has 4 N–H and O–H groups in total. The quantitative estimate of drug-likeness (QED) is 0.716. The van der Waals surface area contributed by atoms with Crippen LogP contribution < -0.4 is 16.2 Å². The minimum atomic E-state index is -0.101. The lowest BCUT2D eigenvalue weighted by atomic mass is 9.73. The van der Waals surface area contributed by atoms with E-state index in [9.17, 15) is 4.79 Å². The van der Waals surface area contributed by atoms with Crippen molar-refractivity contribution in [3.63, 3.8) is 0 Å². The minimum absolute atomic E-state index is 0.0761. The van der Waals surface area contributed by atoms with Crippen LogP contribution in [0.5, 0.6) is 0 Å². The number of nitrogens with one attached hydrogen (secondary N) is 2. The molecule has 7 heteroatoms. The topological polar surface area (TPSA) is 100 Å². The Kier molecular flexibility index (Phi) is 3.02. The van der Waals surface area contributed by atoms with Crippen LogP contribution in [0.25, 0.3) is 11.0 Å². The third kappa shape index (κ3) is 1.96. The molecule has 2 aromatic rings. The highest BCUT2D eigenvalue weighted by Gasteiger charge is 2.47. The van der Waals surface area contributed by atoms with Crippen LogP contribution >= 0.6 is 0 Å². The van der Waals surface area contributed by atoms with Crippen LogP contribution in [0.15, 0.2) is 17.1 Å². The average Bonchev–Trinajstić information content (AvgIpc) is 3.10. The first kappa shape index (κ1) is 13.8. The van der Waals surface area contributed by atoms with Crippen molar-refractivity contribution in [2.24, 2.45) is 11.1 Å². The number of nitrogens with zero attached hydrogens (tertiary/aromatic N) is 2. The Morgan fingerprint density at radius 1 is 1.45 bits per heavy atom. The fraction of sp³-hybridized carbons (Fsp3) is 0.600. The van der Waals surface area contributed by atoms with Crippen LogP contribution in [-0.4, -0.2) is 46.8 Å². The van der Waals surface area contributed by atoms with Crippen molar-refractivity contribution >= 4 is 17.0 Å². The maximum Gasteiger partial charge on any atom is 0.261 e. The smallest absolute Gasteiger partial charge is 0.261 e. The van der Waals surface area contributed by atoms with E-state index in [1.54, 1.807) is 12.3 Å². The monoisotopic (exact) mass is 303 g/mol. The van der Waals surface area contributed by atoms with E-state index in [0.717, 1.165) is 32.5 Å². The Balaban J connectivity index is 1.57. The van der Waals surface area contributed by atoms with E-state index in [1.165, 1.54) is 0 Å². The number of aromatic nitrogens is 3. The van der Waals surface area contributed by atoms with Gasteiger partial charge in [-0.15, -0.1) is 0 Å². The lowest BCUT2D eigenvalue weighted by molar-refractivity contribution is 0.0973. The molecule has 2 saturated heterocycles. The number of rotatable bonds is 1. The fourth-order valence-corrected chi connectivity index (χ4v) is 3.73. The zero-order chi connectivity index (χ0) is 15.3. The summed E-state index contributed by atoms with van der Waals surface area (Å²) >= 11 is 0. The van der Waals surface area contributed by atoms with Gasteiger partial charge in [-0.1, -0.05) is 0 Å². The Morgan fingerprint density at radius 3 is 2.91 bits per heavy atom. The van der Waals surface area contributed by atoms with Crippen molar-refractivity contribution in [3.8, 4) is 0 Å². The summed E-state index contributed by atoms with van der Waals surface area (Å²) in [6, 6.07) is 1.83. The summed E-state index contributed by atoms with van der Waals surface area (Å²) in [5.41, 5.74) is 6.94. The third-order valence-electron chi connectivity index (χ3n) is 5.32. The molecule has 0 radical (unpaired) electrons. The standard InChI is InChI=1S/C15H21N5O2/c1-9-11(16)15(8-22-9)3-6-20(7-4-15)14-18-12-10(2-5-17-12)13(21)19-14/h2,5,9,11H,3-4,6-8,16H2,1H3,(H2,17,18,19,21)/t9-,11+/m0/s1. The largest absolute Gasteiger partial charge is 0.376 e. The lowest BCUT2D eigenvalue weighted by Crippen LogP contribution is -2.51. The van der Waals surface area contributed by atoms with Crippen LogP contribution in [0.2, 0.25) is 0 Å². The van der Waals surface area contributed by atoms with Gasteiger partial charge in [0.05, 0.1) is 18.1 Å². The van der Waals surface area contributed by atoms with Crippen molar-refractivity contribution in [2.45, 2.75) is 31.9 Å². The molecule has 2 fully saturated rings. The third-order valence-corrected chi connectivity index (χ3v) is 5.32. The molecule has 0 aromatic carbocycles. The summed E-state index contributed by atoms with van der Waals surface area (Å²) in [4.78, 5) is 24.6. The lowest BCUT2D eigenvalue weighted by Gasteiger charge is -2.41. The van der Waals surface area contributed by atoms with Crippen molar-refractivity contribution in [3.05, 3.63) is 22.6 Å². The molecule has 1 spiro atoms. The molecule has 2 atom stereocenters. The van der Waals surface area contributed by atoms with E-state index >= 15 is 0 Å². The van der Waals surface area contributed by atoms with E-state index in [1.807, 2.05) is 6.92 Å². The molecule has 7 nitrogen and oxygen atoms in total. The highest BCUT2D eigenvalue weighted by atomic mass is 16.5. The summed E-state index contributed by atoms with van der Waals surface area (Å²) in [6.07, 6.45) is 3.79. The molecule has 2 aliphatic heterocycles. The second kappa shape index (κ2) is 4.82. The van der Waals surface area contributed by atoms with Gasteiger partial charge in [0.1, 0.15) is 5.65 Å². The molecule has 0 saturated carbocycles. The normalized spacial score (nSPS) is 27.8. The maximum atomic E-state index is 12.1. The van der Waals surface area contributed by atoms with Gasteiger partial charge in [-0.3, -0.25) is 9.78 Å². The second-order valence-electron chi connectivity index (χ2n) is 6.52. The Morgan fingerprint density at radius 2 is 2.23 bits per heavy atom. The summed E-state index contributed by atoms with van der Waals surface area (Å²) in [5, 5.41) is 0.595. The van der Waals surface area contributed by atoms with E-state index in [4.69, 9.17) is 10.5 Å². The second-order valence-corrected chi connectivity index (χ2v) is 6.52. The SMILES string of the molecule is C[C@@H]1OCC2(CCN(c3nc4[nH]ccc4c(=O)[nH]3)CC2)[C@@H]1N. The van der Waals surface area contributed by atoms with Crippen LogP contribution in [0, 0.1) is 5.41 Å². The van der Waals surface area contributed by atoms with E-state index in [2.05, 4.69) is 19.9 Å². The van der Waals surface area contributed by atoms with Crippen molar-refractivity contribution in [1.29, 1.82) is 0 Å². The summed E-state index contributed by atoms with van der Waals surface area (Å²) < 4.78 is 5.74. The predicted molar refractivity (Wildman–Crippen MR) is 84.0 cm³/mol.